The fourth-order valence-electron chi connectivity index (χ4n) is 2.73. The molecule has 0 heterocycles. The third kappa shape index (κ3) is 5.25. The topological polar surface area (TPSA) is 44.8 Å². The van der Waals surface area contributed by atoms with E-state index in [1.165, 1.54) is 0 Å². The van der Waals surface area contributed by atoms with E-state index in [2.05, 4.69) is 0 Å². The molecular formula is C22H22LiO4P. The minimum atomic E-state index is -1.11. The van der Waals surface area contributed by atoms with Gasteiger partial charge in [0.2, 0.25) is 0 Å². The zero-order chi connectivity index (χ0) is 19.1. The summed E-state index contributed by atoms with van der Waals surface area (Å²) >= 11 is 0. The van der Waals surface area contributed by atoms with Crippen molar-refractivity contribution in [3.63, 3.8) is 0 Å². The number of hydrogen-bond donors (Lipinski definition) is 0. The fraction of sp³-hybridized carbons (Fsp3) is 0.136. The van der Waals surface area contributed by atoms with Crippen molar-refractivity contribution in [2.75, 3.05) is 14.2 Å². The third-order valence-corrected chi connectivity index (χ3v) is 5.96. The van der Waals surface area contributed by atoms with E-state index in [9.17, 15) is 4.79 Å². The Balaban J connectivity index is 0.00000280. The van der Waals surface area contributed by atoms with Crippen LogP contribution in [0.2, 0.25) is 0 Å². The molecule has 3 aromatic rings. The van der Waals surface area contributed by atoms with Gasteiger partial charge in [-0.1, -0.05) is 60.7 Å². The molecule has 1 unspecified atom stereocenters. The van der Waals surface area contributed by atoms with Gasteiger partial charge in [0.25, 0.3) is 0 Å². The van der Waals surface area contributed by atoms with E-state index in [0.717, 1.165) is 22.5 Å². The van der Waals surface area contributed by atoms with Gasteiger partial charge in [0.15, 0.2) is 6.29 Å². The van der Waals surface area contributed by atoms with Crippen LogP contribution in [0.1, 0.15) is 15.9 Å². The summed E-state index contributed by atoms with van der Waals surface area (Å²) in [5.41, 5.74) is 1.50. The summed E-state index contributed by atoms with van der Waals surface area (Å²) in [4.78, 5) is 11.4. The molecule has 0 aliphatic carbocycles. The van der Waals surface area contributed by atoms with E-state index in [-0.39, 0.29) is 18.9 Å². The van der Waals surface area contributed by atoms with Crippen molar-refractivity contribution in [3.8, 4) is 11.5 Å². The molecule has 6 heteroatoms. The van der Waals surface area contributed by atoms with Gasteiger partial charge in [-0.05, 0) is 17.7 Å². The van der Waals surface area contributed by atoms with Crippen molar-refractivity contribution in [3.05, 3.63) is 83.9 Å². The van der Waals surface area contributed by atoms with E-state index in [1.807, 2.05) is 72.8 Å². The molecule has 3 rings (SSSR count). The van der Waals surface area contributed by atoms with Crippen LogP contribution in [0.3, 0.4) is 0 Å². The number of carbonyl (C=O) groups is 1. The first kappa shape index (κ1) is 22.2. The molecule has 0 spiro atoms. The van der Waals surface area contributed by atoms with Gasteiger partial charge in [-0.2, -0.15) is 0 Å². The number of carbonyl (C=O) groups excluding carboxylic acids is 1. The molecule has 28 heavy (non-hydrogen) atoms. The molecule has 140 valence electrons. The quantitative estimate of drug-likeness (QED) is 0.337. The Hall–Kier alpha value is -2.08. The Morgan fingerprint density at radius 3 is 1.86 bits per heavy atom. The van der Waals surface area contributed by atoms with Crippen LogP contribution in [0, 0.1) is 0 Å². The summed E-state index contributed by atoms with van der Waals surface area (Å²) in [6, 6.07) is 23.8. The van der Waals surface area contributed by atoms with Gasteiger partial charge in [-0.15, -0.1) is 0 Å². The normalized spacial score (nSPS) is 11.2. The van der Waals surface area contributed by atoms with Crippen LogP contribution in [-0.2, 0) is 11.1 Å². The molecule has 0 amide bonds. The standard InChI is InChI=1S/C22H21O4P.Li.H/c1-24-21-13-19(14-22(25-2)20(21)15-23)27(18-11-7-4-8-12-18)26-16-17-9-5-3-6-10-17;;/h3-15H,16H2,1-2H3;;. The van der Waals surface area contributed by atoms with Crippen molar-refractivity contribution >= 4 is 43.9 Å². The van der Waals surface area contributed by atoms with Crippen molar-refractivity contribution < 1.29 is 18.8 Å². The van der Waals surface area contributed by atoms with Crippen molar-refractivity contribution in [1.82, 2.24) is 0 Å². The third-order valence-electron chi connectivity index (χ3n) is 4.07. The molecule has 3 aromatic carbocycles. The first-order valence-corrected chi connectivity index (χ1v) is 9.76. The number of methoxy groups -OCH3 is 2. The molecule has 0 N–H and O–H groups in total. The van der Waals surface area contributed by atoms with Gasteiger partial charge >= 0.3 is 18.9 Å². The second-order valence-corrected chi connectivity index (χ2v) is 7.65. The van der Waals surface area contributed by atoms with Gasteiger partial charge in [0.05, 0.1) is 34.5 Å². The van der Waals surface area contributed by atoms with E-state index in [0.29, 0.717) is 23.7 Å². The molecule has 0 aliphatic rings. The Kier molecular flexibility index (Phi) is 8.76. The van der Waals surface area contributed by atoms with Crippen LogP contribution in [-0.4, -0.2) is 39.4 Å². The molecule has 0 saturated carbocycles. The Morgan fingerprint density at radius 2 is 1.36 bits per heavy atom. The summed E-state index contributed by atoms with van der Waals surface area (Å²) < 4.78 is 17.2. The van der Waals surface area contributed by atoms with E-state index < -0.39 is 8.15 Å². The maximum atomic E-state index is 11.4. The van der Waals surface area contributed by atoms with Gasteiger partial charge < -0.3 is 14.0 Å². The number of ether oxygens (including phenoxy) is 2. The number of hydrogen-bond acceptors (Lipinski definition) is 4. The molecule has 0 aliphatic heterocycles. The van der Waals surface area contributed by atoms with Crippen molar-refractivity contribution in [1.29, 1.82) is 0 Å². The fourth-order valence-corrected chi connectivity index (χ4v) is 4.52. The van der Waals surface area contributed by atoms with Gasteiger partial charge in [0, 0.05) is 10.6 Å². The van der Waals surface area contributed by atoms with Crippen LogP contribution >= 0.6 is 8.15 Å². The van der Waals surface area contributed by atoms with Gasteiger partial charge in [-0.3, -0.25) is 4.79 Å². The molecule has 1 atom stereocenters. The van der Waals surface area contributed by atoms with E-state index in [1.54, 1.807) is 14.2 Å². The summed E-state index contributed by atoms with van der Waals surface area (Å²) in [6.07, 6.45) is 0.747. The van der Waals surface area contributed by atoms with Gasteiger partial charge in [0.1, 0.15) is 11.5 Å². The molecule has 0 fully saturated rings. The zero-order valence-electron chi connectivity index (χ0n) is 15.3. The minimum absolute atomic E-state index is 0. The predicted octanol–water partition coefficient (Wildman–Crippen LogP) is 3.43. The number of benzene rings is 3. The second-order valence-electron chi connectivity index (χ2n) is 5.77. The van der Waals surface area contributed by atoms with Crippen LogP contribution < -0.4 is 20.1 Å². The monoisotopic (exact) mass is 388 g/mol. The molecular weight excluding hydrogens is 366 g/mol. The van der Waals surface area contributed by atoms with E-state index in [4.69, 9.17) is 14.0 Å². The summed E-state index contributed by atoms with van der Waals surface area (Å²) in [7, 11) is 1.97. The van der Waals surface area contributed by atoms with Crippen LogP contribution in [0.4, 0.5) is 0 Å². The Labute approximate surface area is 178 Å². The average molecular weight is 388 g/mol. The Bertz CT molecular complexity index is 863. The SMILES string of the molecule is COc1cc(P(OCc2ccccc2)c2ccccc2)cc(OC)c1C=O.[LiH]. The number of rotatable bonds is 8. The predicted molar refractivity (Wildman–Crippen MR) is 116 cm³/mol. The molecule has 0 radical (unpaired) electrons. The first-order valence-electron chi connectivity index (χ1n) is 8.50. The van der Waals surface area contributed by atoms with E-state index >= 15 is 0 Å². The Morgan fingerprint density at radius 1 is 0.821 bits per heavy atom. The van der Waals surface area contributed by atoms with Crippen LogP contribution in [0.15, 0.2) is 72.8 Å². The summed E-state index contributed by atoms with van der Waals surface area (Å²) in [5.74, 6) is 0.956. The number of aldehydes is 1. The first-order chi connectivity index (χ1) is 13.3. The molecule has 4 nitrogen and oxygen atoms in total. The van der Waals surface area contributed by atoms with Crippen LogP contribution in [0.5, 0.6) is 11.5 Å². The van der Waals surface area contributed by atoms with Gasteiger partial charge in [-0.25, -0.2) is 0 Å². The molecule has 0 bridgehead atoms. The maximum absolute atomic E-state index is 11.4. The molecule has 0 aromatic heterocycles. The summed E-state index contributed by atoms with van der Waals surface area (Å²) in [6.45, 7) is 0.488. The average Bonchev–Trinajstić information content (AvgIpc) is 2.74. The van der Waals surface area contributed by atoms with Crippen molar-refractivity contribution in [2.24, 2.45) is 0 Å². The van der Waals surface area contributed by atoms with Crippen LogP contribution in [0.25, 0.3) is 0 Å². The molecule has 0 saturated heterocycles. The zero-order valence-corrected chi connectivity index (χ0v) is 16.2. The second kappa shape index (κ2) is 11.0. The van der Waals surface area contributed by atoms with Crippen molar-refractivity contribution in [2.45, 2.75) is 6.61 Å². The summed E-state index contributed by atoms with van der Waals surface area (Å²) in [5, 5.41) is 2.00.